The van der Waals surface area contributed by atoms with E-state index in [1.54, 1.807) is 12.1 Å². The van der Waals surface area contributed by atoms with Crippen LogP contribution in [0.3, 0.4) is 0 Å². The summed E-state index contributed by atoms with van der Waals surface area (Å²) in [5.41, 5.74) is 3.25. The van der Waals surface area contributed by atoms with Crippen molar-refractivity contribution in [2.75, 3.05) is 6.54 Å². The minimum Gasteiger partial charge on any atom is -0.352 e. The second-order valence-corrected chi connectivity index (χ2v) is 5.56. The number of halogens is 1. The standard InChI is InChI=1S/C19H22FNO/c1-3-4-5-10-21-19(22)16-8-6-15(7-9-16)17-11-14(2)12-18(20)13-17/h6-9,11-13H,3-5,10H2,1-2H3,(H,21,22). The van der Waals surface area contributed by atoms with Crippen LogP contribution in [-0.2, 0) is 0 Å². The van der Waals surface area contributed by atoms with Gasteiger partial charge in [0.05, 0.1) is 0 Å². The maximum atomic E-state index is 13.5. The number of carbonyl (C=O) groups excluding carboxylic acids is 1. The van der Waals surface area contributed by atoms with Crippen LogP contribution in [0.4, 0.5) is 4.39 Å². The maximum Gasteiger partial charge on any atom is 0.251 e. The lowest BCUT2D eigenvalue weighted by atomic mass is 10.0. The van der Waals surface area contributed by atoms with E-state index in [1.807, 2.05) is 25.1 Å². The molecule has 0 unspecified atom stereocenters. The molecule has 0 saturated carbocycles. The topological polar surface area (TPSA) is 29.1 Å². The first kappa shape index (κ1) is 16.2. The van der Waals surface area contributed by atoms with E-state index < -0.39 is 0 Å². The molecule has 2 aromatic rings. The largest absolute Gasteiger partial charge is 0.352 e. The molecule has 0 fully saturated rings. The van der Waals surface area contributed by atoms with Crippen LogP contribution in [0.5, 0.6) is 0 Å². The lowest BCUT2D eigenvalue weighted by Gasteiger charge is -2.07. The lowest BCUT2D eigenvalue weighted by Crippen LogP contribution is -2.24. The van der Waals surface area contributed by atoms with Gasteiger partial charge >= 0.3 is 0 Å². The van der Waals surface area contributed by atoms with E-state index in [0.29, 0.717) is 12.1 Å². The molecule has 0 aliphatic heterocycles. The number of amides is 1. The van der Waals surface area contributed by atoms with Gasteiger partial charge in [-0.1, -0.05) is 38.0 Å². The zero-order valence-corrected chi connectivity index (χ0v) is 13.2. The van der Waals surface area contributed by atoms with Crippen molar-refractivity contribution in [1.29, 1.82) is 0 Å². The molecule has 0 heterocycles. The highest BCUT2D eigenvalue weighted by Crippen LogP contribution is 2.22. The first-order valence-corrected chi connectivity index (χ1v) is 7.76. The predicted octanol–water partition coefficient (Wildman–Crippen LogP) is 4.72. The summed E-state index contributed by atoms with van der Waals surface area (Å²) in [6.07, 6.45) is 3.26. The molecule has 2 rings (SSSR count). The van der Waals surface area contributed by atoms with E-state index in [4.69, 9.17) is 0 Å². The molecule has 0 aliphatic carbocycles. The summed E-state index contributed by atoms with van der Waals surface area (Å²) in [7, 11) is 0. The molecule has 3 heteroatoms. The number of hydrogen-bond donors (Lipinski definition) is 1. The summed E-state index contributed by atoms with van der Waals surface area (Å²) in [5, 5.41) is 2.91. The number of benzene rings is 2. The van der Waals surface area contributed by atoms with Crippen molar-refractivity contribution < 1.29 is 9.18 Å². The number of unbranched alkanes of at least 4 members (excludes halogenated alkanes) is 2. The number of carbonyl (C=O) groups is 1. The number of nitrogens with one attached hydrogen (secondary N) is 1. The Balaban J connectivity index is 2.05. The van der Waals surface area contributed by atoms with Crippen LogP contribution in [0.15, 0.2) is 42.5 Å². The summed E-state index contributed by atoms with van der Waals surface area (Å²) in [4.78, 5) is 12.0. The van der Waals surface area contributed by atoms with Gasteiger partial charge in [-0.2, -0.15) is 0 Å². The van der Waals surface area contributed by atoms with Crippen molar-refractivity contribution in [1.82, 2.24) is 5.32 Å². The Hall–Kier alpha value is -2.16. The third-order valence-electron chi connectivity index (χ3n) is 3.59. The van der Waals surface area contributed by atoms with Gasteiger partial charge in [-0.15, -0.1) is 0 Å². The first-order valence-electron chi connectivity index (χ1n) is 7.76. The van der Waals surface area contributed by atoms with E-state index in [0.717, 1.165) is 36.0 Å². The number of rotatable bonds is 6. The Bertz CT molecular complexity index is 614. The molecule has 2 nitrogen and oxygen atoms in total. The molecule has 0 bridgehead atoms. The first-order chi connectivity index (χ1) is 10.6. The van der Waals surface area contributed by atoms with Crippen molar-refractivity contribution >= 4 is 5.91 Å². The Labute approximate surface area is 131 Å². The highest BCUT2D eigenvalue weighted by molar-refractivity contribution is 5.94. The average molecular weight is 299 g/mol. The van der Waals surface area contributed by atoms with E-state index in [9.17, 15) is 9.18 Å². The Kier molecular flexibility index (Phi) is 5.70. The SMILES string of the molecule is CCCCCNC(=O)c1ccc(-c2cc(C)cc(F)c2)cc1. The molecular weight excluding hydrogens is 277 g/mol. The minimum absolute atomic E-state index is 0.0573. The van der Waals surface area contributed by atoms with E-state index in [1.165, 1.54) is 12.1 Å². The third-order valence-corrected chi connectivity index (χ3v) is 3.59. The van der Waals surface area contributed by atoms with Crippen LogP contribution in [0.25, 0.3) is 11.1 Å². The van der Waals surface area contributed by atoms with Crippen molar-refractivity contribution in [3.63, 3.8) is 0 Å². The molecular formula is C19H22FNO. The molecule has 2 aromatic carbocycles. The van der Waals surface area contributed by atoms with Gasteiger partial charge in [0.2, 0.25) is 0 Å². The Morgan fingerprint density at radius 1 is 1.05 bits per heavy atom. The maximum absolute atomic E-state index is 13.5. The van der Waals surface area contributed by atoms with Crippen LogP contribution in [0, 0.1) is 12.7 Å². The van der Waals surface area contributed by atoms with Gasteiger partial charge < -0.3 is 5.32 Å². The molecule has 1 amide bonds. The van der Waals surface area contributed by atoms with Gasteiger partial charge in [-0.05, 0) is 54.3 Å². The van der Waals surface area contributed by atoms with Crippen LogP contribution < -0.4 is 5.32 Å². The van der Waals surface area contributed by atoms with Gasteiger partial charge in [-0.3, -0.25) is 4.79 Å². The molecule has 0 spiro atoms. The highest BCUT2D eigenvalue weighted by Gasteiger charge is 2.06. The van der Waals surface area contributed by atoms with Crippen molar-refractivity contribution in [3.8, 4) is 11.1 Å². The molecule has 0 atom stereocenters. The third kappa shape index (κ3) is 4.42. The predicted molar refractivity (Wildman–Crippen MR) is 88.4 cm³/mol. The Morgan fingerprint density at radius 3 is 2.41 bits per heavy atom. The van der Waals surface area contributed by atoms with Crippen LogP contribution >= 0.6 is 0 Å². The van der Waals surface area contributed by atoms with Crippen molar-refractivity contribution in [2.24, 2.45) is 0 Å². The van der Waals surface area contributed by atoms with Gasteiger partial charge in [0.25, 0.3) is 5.91 Å². The Morgan fingerprint density at radius 2 is 1.77 bits per heavy atom. The van der Waals surface area contributed by atoms with E-state index in [-0.39, 0.29) is 11.7 Å². The van der Waals surface area contributed by atoms with Gasteiger partial charge in [0.1, 0.15) is 5.82 Å². The van der Waals surface area contributed by atoms with Gasteiger partial charge in [0.15, 0.2) is 0 Å². The second-order valence-electron chi connectivity index (χ2n) is 5.56. The normalized spacial score (nSPS) is 10.5. The fourth-order valence-electron chi connectivity index (χ4n) is 2.40. The van der Waals surface area contributed by atoms with Crippen LogP contribution in [0.2, 0.25) is 0 Å². The van der Waals surface area contributed by atoms with Gasteiger partial charge in [0, 0.05) is 12.1 Å². The quantitative estimate of drug-likeness (QED) is 0.768. The second kappa shape index (κ2) is 7.74. The molecule has 116 valence electrons. The van der Waals surface area contributed by atoms with E-state index >= 15 is 0 Å². The molecule has 22 heavy (non-hydrogen) atoms. The summed E-state index contributed by atoms with van der Waals surface area (Å²) in [6.45, 7) is 4.71. The van der Waals surface area contributed by atoms with Gasteiger partial charge in [-0.25, -0.2) is 4.39 Å². The summed E-state index contributed by atoms with van der Waals surface area (Å²) < 4.78 is 13.5. The fraction of sp³-hybridized carbons (Fsp3) is 0.316. The summed E-state index contributed by atoms with van der Waals surface area (Å²) in [6, 6.07) is 12.2. The molecule has 0 aromatic heterocycles. The monoisotopic (exact) mass is 299 g/mol. The fourth-order valence-corrected chi connectivity index (χ4v) is 2.40. The molecule has 0 aliphatic rings. The highest BCUT2D eigenvalue weighted by atomic mass is 19.1. The zero-order chi connectivity index (χ0) is 15.9. The lowest BCUT2D eigenvalue weighted by molar-refractivity contribution is 0.0953. The van der Waals surface area contributed by atoms with Crippen LogP contribution in [0.1, 0.15) is 42.1 Å². The number of aryl methyl sites for hydroxylation is 1. The van der Waals surface area contributed by atoms with E-state index in [2.05, 4.69) is 12.2 Å². The molecule has 0 saturated heterocycles. The molecule has 1 N–H and O–H groups in total. The average Bonchev–Trinajstić information content (AvgIpc) is 2.50. The summed E-state index contributed by atoms with van der Waals surface area (Å²) >= 11 is 0. The molecule has 0 radical (unpaired) electrons. The van der Waals surface area contributed by atoms with Crippen molar-refractivity contribution in [2.45, 2.75) is 33.1 Å². The summed E-state index contributed by atoms with van der Waals surface area (Å²) in [5.74, 6) is -0.300. The smallest absolute Gasteiger partial charge is 0.251 e. The number of hydrogen-bond acceptors (Lipinski definition) is 1. The van der Waals surface area contributed by atoms with Crippen LogP contribution in [-0.4, -0.2) is 12.5 Å². The zero-order valence-electron chi connectivity index (χ0n) is 13.2. The minimum atomic E-state index is -0.243. The van der Waals surface area contributed by atoms with Crippen molar-refractivity contribution in [3.05, 3.63) is 59.4 Å².